The summed E-state index contributed by atoms with van der Waals surface area (Å²) < 4.78 is 5.10. The van der Waals surface area contributed by atoms with Crippen molar-refractivity contribution in [3.63, 3.8) is 0 Å². The fraction of sp³-hybridized carbons (Fsp3) is 1.00. The van der Waals surface area contributed by atoms with E-state index in [4.69, 9.17) is 4.74 Å². The van der Waals surface area contributed by atoms with E-state index in [1.165, 1.54) is 64.2 Å². The van der Waals surface area contributed by atoms with Crippen LogP contribution >= 0.6 is 0 Å². The largest absolute Gasteiger partial charge is 0.379 e. The van der Waals surface area contributed by atoms with Crippen molar-refractivity contribution in [1.82, 2.24) is 10.2 Å². The van der Waals surface area contributed by atoms with Gasteiger partial charge in [0.25, 0.3) is 0 Å². The van der Waals surface area contributed by atoms with Crippen molar-refractivity contribution in [2.75, 3.05) is 33.4 Å². The van der Waals surface area contributed by atoms with Crippen molar-refractivity contribution in [2.45, 2.75) is 76.3 Å². The highest BCUT2D eigenvalue weighted by Gasteiger charge is 2.19. The van der Waals surface area contributed by atoms with Crippen LogP contribution in [0.15, 0.2) is 0 Å². The Bertz CT molecular complexity index is 213. The van der Waals surface area contributed by atoms with Crippen LogP contribution in [0.25, 0.3) is 0 Å². The van der Waals surface area contributed by atoms with Gasteiger partial charge in [0.2, 0.25) is 0 Å². The molecule has 0 aromatic carbocycles. The lowest BCUT2D eigenvalue weighted by Gasteiger charge is -2.30. The van der Waals surface area contributed by atoms with E-state index < -0.39 is 0 Å². The predicted molar refractivity (Wildman–Crippen MR) is 85.2 cm³/mol. The highest BCUT2D eigenvalue weighted by molar-refractivity contribution is 4.79. The summed E-state index contributed by atoms with van der Waals surface area (Å²) in [5, 5.41) is 3.86. The van der Waals surface area contributed by atoms with Crippen LogP contribution in [0, 0.1) is 0 Å². The minimum atomic E-state index is 0.872. The van der Waals surface area contributed by atoms with Gasteiger partial charge in [-0.25, -0.2) is 0 Å². The third-order valence-electron chi connectivity index (χ3n) is 4.92. The monoisotopic (exact) mass is 282 g/mol. The second-order valence-corrected chi connectivity index (χ2v) is 6.75. The van der Waals surface area contributed by atoms with Crippen molar-refractivity contribution in [2.24, 2.45) is 0 Å². The first-order valence-corrected chi connectivity index (χ1v) is 8.87. The Labute approximate surface area is 125 Å². The Balaban J connectivity index is 0.000000178. The van der Waals surface area contributed by atoms with Crippen molar-refractivity contribution < 1.29 is 4.74 Å². The van der Waals surface area contributed by atoms with Crippen LogP contribution in [0.3, 0.4) is 0 Å². The van der Waals surface area contributed by atoms with E-state index in [0.29, 0.717) is 0 Å². The van der Waals surface area contributed by atoms with Gasteiger partial charge in [0.05, 0.1) is 13.2 Å². The van der Waals surface area contributed by atoms with E-state index in [1.54, 1.807) is 0 Å². The second kappa shape index (κ2) is 9.75. The third-order valence-corrected chi connectivity index (χ3v) is 4.92. The maximum atomic E-state index is 5.10. The molecule has 1 N–H and O–H groups in total. The SMILES string of the molecule is C1CCC(NC2CCCCC2)CC1.CN1CCOCC1. The zero-order valence-electron chi connectivity index (χ0n) is 13.4. The molecule has 1 heterocycles. The summed E-state index contributed by atoms with van der Waals surface area (Å²) in [5.74, 6) is 0. The van der Waals surface area contributed by atoms with Gasteiger partial charge in [-0.15, -0.1) is 0 Å². The highest BCUT2D eigenvalue weighted by Crippen LogP contribution is 2.22. The number of hydrogen-bond acceptors (Lipinski definition) is 3. The Morgan fingerprint density at radius 3 is 1.55 bits per heavy atom. The maximum Gasteiger partial charge on any atom is 0.0594 e. The molecule has 2 aliphatic carbocycles. The molecule has 0 aromatic heterocycles. The standard InChI is InChI=1S/C12H23N.C5H11NO/c1-3-7-11(8-4-1)13-12-9-5-2-6-10-12;1-6-2-4-7-5-3-6/h11-13H,1-10H2;2-5H2,1H3. The molecule has 1 aliphatic heterocycles. The molecule has 3 aliphatic rings. The molecule has 3 nitrogen and oxygen atoms in total. The van der Waals surface area contributed by atoms with Gasteiger partial charge >= 0.3 is 0 Å². The zero-order valence-corrected chi connectivity index (χ0v) is 13.4. The van der Waals surface area contributed by atoms with Gasteiger partial charge < -0.3 is 15.0 Å². The van der Waals surface area contributed by atoms with E-state index in [2.05, 4.69) is 17.3 Å². The van der Waals surface area contributed by atoms with Gasteiger partial charge in [0, 0.05) is 25.2 Å². The lowest BCUT2D eigenvalue weighted by molar-refractivity contribution is 0.0503. The number of nitrogens with zero attached hydrogens (tertiary/aromatic N) is 1. The second-order valence-electron chi connectivity index (χ2n) is 6.75. The predicted octanol–water partition coefficient (Wildman–Crippen LogP) is 3.19. The van der Waals surface area contributed by atoms with Crippen LogP contribution in [0.2, 0.25) is 0 Å². The van der Waals surface area contributed by atoms with Crippen LogP contribution < -0.4 is 5.32 Å². The zero-order chi connectivity index (χ0) is 14.0. The molecule has 3 fully saturated rings. The molecule has 20 heavy (non-hydrogen) atoms. The van der Waals surface area contributed by atoms with E-state index in [-0.39, 0.29) is 0 Å². The number of ether oxygens (including phenoxy) is 1. The average Bonchev–Trinajstić information content (AvgIpc) is 2.51. The average molecular weight is 282 g/mol. The smallest absolute Gasteiger partial charge is 0.0594 e. The fourth-order valence-corrected chi connectivity index (χ4v) is 3.53. The molecule has 0 bridgehead atoms. The molecular formula is C17H34N2O. The lowest BCUT2D eigenvalue weighted by atomic mass is 9.91. The van der Waals surface area contributed by atoms with Crippen LogP contribution in [0.5, 0.6) is 0 Å². The summed E-state index contributed by atoms with van der Waals surface area (Å²) in [6, 6.07) is 1.74. The number of nitrogens with one attached hydrogen (secondary N) is 1. The van der Waals surface area contributed by atoms with Crippen molar-refractivity contribution in [3.05, 3.63) is 0 Å². The lowest BCUT2D eigenvalue weighted by Crippen LogP contribution is -2.40. The highest BCUT2D eigenvalue weighted by atomic mass is 16.5. The number of morpholine rings is 1. The molecule has 2 saturated carbocycles. The minimum Gasteiger partial charge on any atom is -0.379 e. The molecule has 3 rings (SSSR count). The van der Waals surface area contributed by atoms with Crippen LogP contribution in [-0.2, 0) is 4.74 Å². The van der Waals surface area contributed by atoms with E-state index in [0.717, 1.165) is 38.4 Å². The van der Waals surface area contributed by atoms with Crippen molar-refractivity contribution in [3.8, 4) is 0 Å². The first kappa shape index (κ1) is 16.3. The fourth-order valence-electron chi connectivity index (χ4n) is 3.53. The third kappa shape index (κ3) is 6.55. The summed E-state index contributed by atoms with van der Waals surface area (Å²) >= 11 is 0. The van der Waals surface area contributed by atoms with E-state index in [9.17, 15) is 0 Å². The Kier molecular flexibility index (Phi) is 7.92. The van der Waals surface area contributed by atoms with Crippen LogP contribution in [0.4, 0.5) is 0 Å². The summed E-state index contributed by atoms with van der Waals surface area (Å²) in [6.45, 7) is 4.02. The molecule has 0 spiro atoms. The first-order valence-electron chi connectivity index (χ1n) is 8.87. The molecule has 0 atom stereocenters. The van der Waals surface area contributed by atoms with Gasteiger partial charge in [-0.1, -0.05) is 38.5 Å². The van der Waals surface area contributed by atoms with Crippen molar-refractivity contribution >= 4 is 0 Å². The molecular weight excluding hydrogens is 248 g/mol. The molecule has 118 valence electrons. The van der Waals surface area contributed by atoms with Gasteiger partial charge in [-0.3, -0.25) is 0 Å². The van der Waals surface area contributed by atoms with E-state index in [1.807, 2.05) is 0 Å². The topological polar surface area (TPSA) is 24.5 Å². The summed E-state index contributed by atoms with van der Waals surface area (Å²) in [7, 11) is 2.11. The maximum absolute atomic E-state index is 5.10. The van der Waals surface area contributed by atoms with Crippen LogP contribution in [0.1, 0.15) is 64.2 Å². The number of hydrogen-bond donors (Lipinski definition) is 1. The Morgan fingerprint density at radius 2 is 1.20 bits per heavy atom. The molecule has 3 heteroatoms. The minimum absolute atomic E-state index is 0.872. The first-order chi connectivity index (χ1) is 9.84. The summed E-state index contributed by atoms with van der Waals surface area (Å²) in [5.41, 5.74) is 0. The Hall–Kier alpha value is -0.120. The molecule has 0 radical (unpaired) electrons. The van der Waals surface area contributed by atoms with Gasteiger partial charge in [0.15, 0.2) is 0 Å². The van der Waals surface area contributed by atoms with Gasteiger partial charge in [0.1, 0.15) is 0 Å². The normalized spacial score (nSPS) is 26.9. The van der Waals surface area contributed by atoms with E-state index >= 15 is 0 Å². The molecule has 0 amide bonds. The molecule has 0 aromatic rings. The van der Waals surface area contributed by atoms with Crippen LogP contribution in [-0.4, -0.2) is 50.3 Å². The molecule has 1 saturated heterocycles. The molecule has 0 unspecified atom stereocenters. The number of likely N-dealkylation sites (N-methyl/N-ethyl adjacent to an activating group) is 1. The summed E-state index contributed by atoms with van der Waals surface area (Å²) in [4.78, 5) is 2.27. The van der Waals surface area contributed by atoms with Gasteiger partial charge in [-0.05, 0) is 32.7 Å². The number of rotatable bonds is 2. The summed E-state index contributed by atoms with van der Waals surface area (Å²) in [6.07, 6.45) is 14.6. The quantitative estimate of drug-likeness (QED) is 0.842. The van der Waals surface area contributed by atoms with Gasteiger partial charge in [-0.2, -0.15) is 0 Å². The van der Waals surface area contributed by atoms with Crippen molar-refractivity contribution in [1.29, 1.82) is 0 Å². The Morgan fingerprint density at radius 1 is 0.750 bits per heavy atom.